The third kappa shape index (κ3) is 2.47. The third-order valence-electron chi connectivity index (χ3n) is 4.35. The number of pyridine rings is 1. The SMILES string of the molecule is CC(C)C(=O)N1CCC(c2cc3[nH]nc(N)c3c(=O)[nH]2)CC1. The molecule has 3 rings (SSSR count). The van der Waals surface area contributed by atoms with Crippen LogP contribution in [0.15, 0.2) is 10.9 Å². The number of likely N-dealkylation sites (tertiary alicyclic amines) is 1. The molecule has 0 spiro atoms. The quantitative estimate of drug-likeness (QED) is 0.774. The Bertz CT molecular complexity index is 753. The highest BCUT2D eigenvalue weighted by atomic mass is 16.2. The number of hydrogen-bond acceptors (Lipinski definition) is 4. The number of nitrogens with zero attached hydrogens (tertiary/aromatic N) is 2. The van der Waals surface area contributed by atoms with Crippen LogP contribution in [0.4, 0.5) is 5.82 Å². The van der Waals surface area contributed by atoms with Gasteiger partial charge in [0.05, 0.1) is 5.52 Å². The van der Waals surface area contributed by atoms with Gasteiger partial charge in [-0.25, -0.2) is 0 Å². The van der Waals surface area contributed by atoms with Crippen molar-refractivity contribution in [1.82, 2.24) is 20.1 Å². The van der Waals surface area contributed by atoms with E-state index in [0.29, 0.717) is 10.9 Å². The van der Waals surface area contributed by atoms with Crippen LogP contribution in [-0.4, -0.2) is 39.1 Å². The molecule has 0 atom stereocenters. The number of carbonyl (C=O) groups excluding carboxylic acids is 1. The second-order valence-electron chi connectivity index (χ2n) is 6.21. The summed E-state index contributed by atoms with van der Waals surface area (Å²) in [6, 6.07) is 1.91. The lowest BCUT2D eigenvalue weighted by atomic mass is 9.92. The van der Waals surface area contributed by atoms with Crippen molar-refractivity contribution < 1.29 is 4.79 Å². The van der Waals surface area contributed by atoms with Gasteiger partial charge in [0.1, 0.15) is 5.39 Å². The van der Waals surface area contributed by atoms with Crippen molar-refractivity contribution in [2.45, 2.75) is 32.6 Å². The number of aromatic amines is 2. The first-order chi connectivity index (χ1) is 10.5. The molecule has 3 heterocycles. The van der Waals surface area contributed by atoms with Gasteiger partial charge in [-0.05, 0) is 18.9 Å². The Balaban J connectivity index is 1.79. The van der Waals surface area contributed by atoms with E-state index in [4.69, 9.17) is 5.73 Å². The highest BCUT2D eigenvalue weighted by Crippen LogP contribution is 2.28. The van der Waals surface area contributed by atoms with Crippen molar-refractivity contribution in [3.8, 4) is 0 Å². The molecule has 1 fully saturated rings. The zero-order chi connectivity index (χ0) is 15.9. The summed E-state index contributed by atoms with van der Waals surface area (Å²) in [6.45, 7) is 5.30. The number of fused-ring (bicyclic) bond motifs is 1. The van der Waals surface area contributed by atoms with E-state index in [0.717, 1.165) is 31.6 Å². The van der Waals surface area contributed by atoms with Gasteiger partial charge in [0.2, 0.25) is 5.91 Å². The number of carbonyl (C=O) groups is 1. The molecule has 22 heavy (non-hydrogen) atoms. The summed E-state index contributed by atoms with van der Waals surface area (Å²) in [4.78, 5) is 29.0. The fourth-order valence-electron chi connectivity index (χ4n) is 3.09. The monoisotopic (exact) mass is 303 g/mol. The van der Waals surface area contributed by atoms with Crippen LogP contribution in [-0.2, 0) is 4.79 Å². The molecule has 7 heteroatoms. The number of aromatic nitrogens is 3. The van der Waals surface area contributed by atoms with Crippen LogP contribution in [0.25, 0.3) is 10.9 Å². The summed E-state index contributed by atoms with van der Waals surface area (Å²) in [7, 11) is 0. The fourth-order valence-corrected chi connectivity index (χ4v) is 3.09. The van der Waals surface area contributed by atoms with E-state index < -0.39 is 0 Å². The topological polar surface area (TPSA) is 108 Å². The molecule has 118 valence electrons. The van der Waals surface area contributed by atoms with Crippen LogP contribution < -0.4 is 11.3 Å². The first-order valence-electron chi connectivity index (χ1n) is 7.63. The standard InChI is InChI=1S/C15H21N5O2/c1-8(2)15(22)20-5-3-9(4-6-20)10-7-11-12(14(21)17-10)13(16)19-18-11/h7-9H,3-6H2,1-2H3,(H,17,21)(H3,16,18,19). The van der Waals surface area contributed by atoms with E-state index in [1.165, 1.54) is 0 Å². The molecule has 0 bridgehead atoms. The summed E-state index contributed by atoms with van der Waals surface area (Å²) in [5.74, 6) is 0.697. The summed E-state index contributed by atoms with van der Waals surface area (Å²) in [5, 5.41) is 7.08. The zero-order valence-electron chi connectivity index (χ0n) is 12.8. The maximum Gasteiger partial charge on any atom is 0.261 e. The molecule has 1 saturated heterocycles. The molecule has 2 aromatic heterocycles. The molecule has 0 unspecified atom stereocenters. The highest BCUT2D eigenvalue weighted by Gasteiger charge is 2.26. The largest absolute Gasteiger partial charge is 0.382 e. The summed E-state index contributed by atoms with van der Waals surface area (Å²) < 4.78 is 0. The molecule has 7 nitrogen and oxygen atoms in total. The minimum absolute atomic E-state index is 0.0284. The van der Waals surface area contributed by atoms with Gasteiger partial charge in [-0.1, -0.05) is 13.8 Å². The van der Waals surface area contributed by atoms with Crippen LogP contribution in [0.1, 0.15) is 38.3 Å². The summed E-state index contributed by atoms with van der Waals surface area (Å²) >= 11 is 0. The molecule has 1 aliphatic rings. The van der Waals surface area contributed by atoms with Crippen LogP contribution in [0.3, 0.4) is 0 Å². The number of nitrogen functional groups attached to an aromatic ring is 1. The number of piperidine rings is 1. The first kappa shape index (κ1) is 14.6. The van der Waals surface area contributed by atoms with Gasteiger partial charge in [-0.3, -0.25) is 14.7 Å². The van der Waals surface area contributed by atoms with Gasteiger partial charge >= 0.3 is 0 Å². The lowest BCUT2D eigenvalue weighted by Gasteiger charge is -2.33. The summed E-state index contributed by atoms with van der Waals surface area (Å²) in [5.41, 5.74) is 7.02. The Hall–Kier alpha value is -2.31. The Kier molecular flexibility index (Phi) is 3.64. The molecular weight excluding hydrogens is 282 g/mol. The minimum Gasteiger partial charge on any atom is -0.382 e. The van der Waals surface area contributed by atoms with E-state index >= 15 is 0 Å². The third-order valence-corrected chi connectivity index (χ3v) is 4.35. The number of nitrogens with one attached hydrogen (secondary N) is 2. The number of amides is 1. The van der Waals surface area contributed by atoms with Crippen molar-refractivity contribution in [3.63, 3.8) is 0 Å². The number of anilines is 1. The molecule has 4 N–H and O–H groups in total. The molecule has 0 radical (unpaired) electrons. The van der Waals surface area contributed by atoms with Crippen LogP contribution in [0.5, 0.6) is 0 Å². The fraction of sp³-hybridized carbons (Fsp3) is 0.533. The van der Waals surface area contributed by atoms with Crippen molar-refractivity contribution in [1.29, 1.82) is 0 Å². The average Bonchev–Trinajstić information content (AvgIpc) is 2.88. The Labute approximate surface area is 127 Å². The number of rotatable bonds is 2. The van der Waals surface area contributed by atoms with Gasteiger partial charge in [-0.15, -0.1) is 0 Å². The molecule has 1 aliphatic heterocycles. The van der Waals surface area contributed by atoms with Crippen LogP contribution in [0, 0.1) is 5.92 Å². The van der Waals surface area contributed by atoms with E-state index in [2.05, 4.69) is 15.2 Å². The second kappa shape index (κ2) is 5.47. The molecule has 0 saturated carbocycles. The lowest BCUT2D eigenvalue weighted by Crippen LogP contribution is -2.40. The van der Waals surface area contributed by atoms with Crippen molar-refractivity contribution in [2.24, 2.45) is 5.92 Å². The van der Waals surface area contributed by atoms with Gasteiger partial charge in [0.15, 0.2) is 5.82 Å². The van der Waals surface area contributed by atoms with Gasteiger partial charge in [0, 0.05) is 30.6 Å². The predicted molar refractivity (Wildman–Crippen MR) is 84.5 cm³/mol. The molecule has 1 amide bonds. The first-order valence-corrected chi connectivity index (χ1v) is 7.63. The van der Waals surface area contributed by atoms with E-state index in [1.807, 2.05) is 24.8 Å². The van der Waals surface area contributed by atoms with E-state index in [9.17, 15) is 9.59 Å². The maximum absolute atomic E-state index is 12.1. The summed E-state index contributed by atoms with van der Waals surface area (Å²) in [6.07, 6.45) is 1.70. The molecule has 0 aromatic carbocycles. The number of hydrogen-bond donors (Lipinski definition) is 3. The Morgan fingerprint density at radius 2 is 2.09 bits per heavy atom. The predicted octanol–water partition coefficient (Wildman–Crippen LogP) is 1.20. The zero-order valence-corrected chi connectivity index (χ0v) is 12.8. The number of nitrogens with two attached hydrogens (primary N) is 1. The molecule has 0 aliphatic carbocycles. The smallest absolute Gasteiger partial charge is 0.261 e. The van der Waals surface area contributed by atoms with E-state index in [1.54, 1.807) is 0 Å². The van der Waals surface area contributed by atoms with Gasteiger partial charge in [0.25, 0.3) is 5.56 Å². The van der Waals surface area contributed by atoms with Crippen molar-refractivity contribution >= 4 is 22.6 Å². The average molecular weight is 303 g/mol. The van der Waals surface area contributed by atoms with Crippen LogP contribution >= 0.6 is 0 Å². The van der Waals surface area contributed by atoms with E-state index in [-0.39, 0.29) is 29.1 Å². The van der Waals surface area contributed by atoms with Crippen LogP contribution in [0.2, 0.25) is 0 Å². The Morgan fingerprint density at radius 3 is 2.73 bits per heavy atom. The second-order valence-corrected chi connectivity index (χ2v) is 6.21. The maximum atomic E-state index is 12.1. The normalized spacial score (nSPS) is 16.6. The van der Waals surface area contributed by atoms with Gasteiger partial charge in [-0.2, -0.15) is 5.10 Å². The molecular formula is C15H21N5O2. The minimum atomic E-state index is -0.209. The van der Waals surface area contributed by atoms with Crippen molar-refractivity contribution in [2.75, 3.05) is 18.8 Å². The Morgan fingerprint density at radius 1 is 1.41 bits per heavy atom. The van der Waals surface area contributed by atoms with Crippen molar-refractivity contribution in [3.05, 3.63) is 22.1 Å². The highest BCUT2D eigenvalue weighted by molar-refractivity contribution is 5.87. The van der Waals surface area contributed by atoms with Gasteiger partial charge < -0.3 is 15.6 Å². The lowest BCUT2D eigenvalue weighted by molar-refractivity contribution is -0.135. The molecule has 2 aromatic rings. The number of H-pyrrole nitrogens is 2.